The first kappa shape index (κ1) is 26.1. The van der Waals surface area contributed by atoms with E-state index < -0.39 is 52.0 Å². The number of alkyl halides is 4. The summed E-state index contributed by atoms with van der Waals surface area (Å²) in [6, 6.07) is -1.94. The van der Waals surface area contributed by atoms with E-state index in [9.17, 15) is 23.9 Å². The van der Waals surface area contributed by atoms with Gasteiger partial charge in [-0.15, -0.1) is 0 Å². The van der Waals surface area contributed by atoms with Gasteiger partial charge in [0.05, 0.1) is 0 Å². The van der Waals surface area contributed by atoms with E-state index in [2.05, 4.69) is 10.6 Å². The molecule has 158 valence electrons. The van der Waals surface area contributed by atoms with Gasteiger partial charge < -0.3 is 26.2 Å². The number of ether oxygens (including phenoxy) is 1. The van der Waals surface area contributed by atoms with Crippen molar-refractivity contribution in [1.29, 1.82) is 0 Å². The smallest absolute Gasteiger partial charge is 0.323 e. The molecule has 0 rings (SSSR count). The molecule has 0 aromatic heterocycles. The van der Waals surface area contributed by atoms with Crippen molar-refractivity contribution in [3.63, 3.8) is 0 Å². The number of carbonyl (C=O) groups excluding carboxylic acids is 3. The van der Waals surface area contributed by atoms with Crippen LogP contribution in [0.3, 0.4) is 0 Å². The predicted octanol–water partition coefficient (Wildman–Crippen LogP) is 0.737. The van der Waals surface area contributed by atoms with Gasteiger partial charge >= 0.3 is 5.97 Å². The molecule has 0 bridgehead atoms. The molecular formula is C15H25Cl3FN3O5. The number of rotatable bonds is 10. The maximum absolute atomic E-state index is 13.5. The molecule has 8 nitrogen and oxygen atoms in total. The minimum atomic E-state index is -2.14. The molecule has 0 spiro atoms. The lowest BCUT2D eigenvalue weighted by atomic mass is 10.0. The SMILES string of the molecule is CC(NC(=O)C(O)C(C)(C)F)C(=O)NCCCC(N)C(=O)OCC(Cl)(Cl)Cl. The molecule has 0 aromatic rings. The number of hydrogen-bond acceptors (Lipinski definition) is 6. The minimum Gasteiger partial charge on any atom is -0.460 e. The van der Waals surface area contributed by atoms with Crippen molar-refractivity contribution in [2.45, 2.75) is 61.3 Å². The zero-order valence-corrected chi connectivity index (χ0v) is 17.5. The van der Waals surface area contributed by atoms with Gasteiger partial charge in [0.1, 0.15) is 24.4 Å². The van der Waals surface area contributed by atoms with Crippen LogP contribution < -0.4 is 16.4 Å². The molecule has 0 heterocycles. The normalized spacial score (nSPS) is 15.4. The van der Waals surface area contributed by atoms with Gasteiger partial charge in [-0.2, -0.15) is 0 Å². The van der Waals surface area contributed by atoms with Crippen LogP contribution in [0, 0.1) is 0 Å². The molecular weight excluding hydrogens is 428 g/mol. The van der Waals surface area contributed by atoms with E-state index in [0.29, 0.717) is 6.42 Å². The van der Waals surface area contributed by atoms with Crippen LogP contribution in [0.15, 0.2) is 0 Å². The monoisotopic (exact) mass is 451 g/mol. The quantitative estimate of drug-likeness (QED) is 0.220. The summed E-state index contributed by atoms with van der Waals surface area (Å²) < 4.78 is 16.5. The number of aliphatic hydroxyl groups is 1. The Bertz CT molecular complexity index is 526. The third kappa shape index (κ3) is 11.5. The molecule has 3 unspecified atom stereocenters. The Morgan fingerprint density at radius 3 is 2.26 bits per heavy atom. The number of hydrogen-bond donors (Lipinski definition) is 4. The van der Waals surface area contributed by atoms with Crippen LogP contribution in [0.4, 0.5) is 4.39 Å². The second kappa shape index (κ2) is 11.2. The number of aliphatic hydroxyl groups excluding tert-OH is 1. The standard InChI is InChI=1S/C15H25Cl3FN3O5/c1-8(22-12(25)10(23)14(2,3)19)11(24)21-6-4-5-9(20)13(26)27-7-15(16,17)18/h8-10,23H,4-7,20H2,1-3H3,(H,21,24)(H,22,25). The highest BCUT2D eigenvalue weighted by molar-refractivity contribution is 6.67. The molecule has 5 N–H and O–H groups in total. The Morgan fingerprint density at radius 1 is 1.22 bits per heavy atom. The molecule has 0 aromatic carbocycles. The Kier molecular flexibility index (Phi) is 10.8. The number of nitrogens with two attached hydrogens (primary N) is 1. The number of halogens is 4. The molecule has 12 heteroatoms. The van der Waals surface area contributed by atoms with Gasteiger partial charge in [-0.05, 0) is 33.6 Å². The van der Waals surface area contributed by atoms with Crippen molar-refractivity contribution in [2.75, 3.05) is 13.2 Å². The van der Waals surface area contributed by atoms with E-state index in [1.54, 1.807) is 0 Å². The number of esters is 1. The third-order valence-electron chi connectivity index (χ3n) is 3.32. The molecule has 2 amide bonds. The van der Waals surface area contributed by atoms with Crippen molar-refractivity contribution in [2.24, 2.45) is 5.73 Å². The molecule has 0 aliphatic carbocycles. The van der Waals surface area contributed by atoms with E-state index in [-0.39, 0.29) is 13.0 Å². The van der Waals surface area contributed by atoms with Gasteiger partial charge in [0.15, 0.2) is 6.10 Å². The highest BCUT2D eigenvalue weighted by Crippen LogP contribution is 2.26. The van der Waals surface area contributed by atoms with Crippen molar-refractivity contribution in [1.82, 2.24) is 10.6 Å². The first-order chi connectivity index (χ1) is 12.1. The van der Waals surface area contributed by atoms with Crippen LogP contribution in [0.1, 0.15) is 33.6 Å². The first-order valence-corrected chi connectivity index (χ1v) is 9.22. The average Bonchev–Trinajstić information content (AvgIpc) is 2.53. The Hall–Kier alpha value is -0.870. The van der Waals surface area contributed by atoms with Crippen LogP contribution in [-0.2, 0) is 19.1 Å². The molecule has 0 radical (unpaired) electrons. The fourth-order valence-electron chi connectivity index (χ4n) is 1.73. The van der Waals surface area contributed by atoms with Gasteiger partial charge in [-0.25, -0.2) is 4.39 Å². The molecule has 0 fully saturated rings. The Morgan fingerprint density at radius 2 is 1.78 bits per heavy atom. The van der Waals surface area contributed by atoms with E-state index in [4.69, 9.17) is 45.3 Å². The fraction of sp³-hybridized carbons (Fsp3) is 0.800. The van der Waals surface area contributed by atoms with E-state index in [1.807, 2.05) is 0 Å². The summed E-state index contributed by atoms with van der Waals surface area (Å²) in [6.45, 7) is 3.21. The van der Waals surface area contributed by atoms with Gasteiger partial charge in [-0.1, -0.05) is 34.8 Å². The van der Waals surface area contributed by atoms with E-state index in [0.717, 1.165) is 13.8 Å². The van der Waals surface area contributed by atoms with Crippen LogP contribution >= 0.6 is 34.8 Å². The summed E-state index contributed by atoms with van der Waals surface area (Å²) in [7, 11) is 0. The molecule has 0 saturated carbocycles. The molecule has 27 heavy (non-hydrogen) atoms. The molecule has 0 aliphatic rings. The minimum absolute atomic E-state index is 0.168. The van der Waals surface area contributed by atoms with E-state index >= 15 is 0 Å². The molecule has 0 saturated heterocycles. The second-order valence-electron chi connectivity index (χ2n) is 6.46. The van der Waals surface area contributed by atoms with Crippen molar-refractivity contribution in [3.8, 4) is 0 Å². The van der Waals surface area contributed by atoms with Gasteiger partial charge in [0, 0.05) is 6.54 Å². The van der Waals surface area contributed by atoms with Gasteiger partial charge in [0.2, 0.25) is 9.70 Å². The van der Waals surface area contributed by atoms with Crippen LogP contribution in [-0.4, -0.2) is 63.7 Å². The van der Waals surface area contributed by atoms with Crippen LogP contribution in [0.25, 0.3) is 0 Å². The highest BCUT2D eigenvalue weighted by atomic mass is 35.6. The first-order valence-electron chi connectivity index (χ1n) is 8.09. The number of carbonyl (C=O) groups is 3. The molecule has 0 aliphatic heterocycles. The number of nitrogens with one attached hydrogen (secondary N) is 2. The third-order valence-corrected chi connectivity index (χ3v) is 3.65. The lowest BCUT2D eigenvalue weighted by Gasteiger charge is -2.23. The second-order valence-corrected chi connectivity index (χ2v) is 8.98. The summed E-state index contributed by atoms with van der Waals surface area (Å²) >= 11 is 16.4. The predicted molar refractivity (Wildman–Crippen MR) is 100 cm³/mol. The van der Waals surface area contributed by atoms with E-state index in [1.165, 1.54) is 6.92 Å². The summed E-state index contributed by atoms with van der Waals surface area (Å²) in [5, 5.41) is 14.2. The lowest BCUT2D eigenvalue weighted by molar-refractivity contribution is -0.145. The van der Waals surface area contributed by atoms with Gasteiger partial charge in [0.25, 0.3) is 5.91 Å². The zero-order chi connectivity index (χ0) is 21.4. The maximum atomic E-state index is 13.5. The largest absolute Gasteiger partial charge is 0.460 e. The Balaban J connectivity index is 4.15. The van der Waals surface area contributed by atoms with Crippen molar-refractivity contribution >= 4 is 52.6 Å². The van der Waals surface area contributed by atoms with Gasteiger partial charge in [-0.3, -0.25) is 14.4 Å². The summed E-state index contributed by atoms with van der Waals surface area (Å²) in [6.07, 6.45) is -1.35. The highest BCUT2D eigenvalue weighted by Gasteiger charge is 2.34. The van der Waals surface area contributed by atoms with Crippen molar-refractivity contribution in [3.05, 3.63) is 0 Å². The zero-order valence-electron chi connectivity index (χ0n) is 15.2. The van der Waals surface area contributed by atoms with Crippen LogP contribution in [0.5, 0.6) is 0 Å². The fourth-order valence-corrected chi connectivity index (χ4v) is 1.90. The maximum Gasteiger partial charge on any atom is 0.323 e. The number of amides is 2. The lowest BCUT2D eigenvalue weighted by Crippen LogP contribution is -2.52. The summed E-state index contributed by atoms with van der Waals surface area (Å²) in [5.41, 5.74) is 3.49. The van der Waals surface area contributed by atoms with Crippen LogP contribution in [0.2, 0.25) is 0 Å². The average molecular weight is 453 g/mol. The summed E-state index contributed by atoms with van der Waals surface area (Å²) in [5.74, 6) is -2.28. The van der Waals surface area contributed by atoms with Crippen molar-refractivity contribution < 1.29 is 28.6 Å². The Labute approximate surface area is 172 Å². The molecule has 3 atom stereocenters. The topological polar surface area (TPSA) is 131 Å². The summed E-state index contributed by atoms with van der Waals surface area (Å²) in [4.78, 5) is 35.1.